The predicted molar refractivity (Wildman–Crippen MR) is 87.4 cm³/mol. The summed E-state index contributed by atoms with van der Waals surface area (Å²) in [5, 5.41) is 8.89. The molecule has 4 heteroatoms. The molecular weight excluding hydrogens is 266 g/mol. The van der Waals surface area contributed by atoms with Gasteiger partial charge in [-0.3, -0.25) is 4.79 Å². The molecule has 0 fully saturated rings. The maximum Gasteiger partial charge on any atom is 0.293 e. The Balaban J connectivity index is 3.63. The lowest BCUT2D eigenvalue weighted by Gasteiger charge is -2.22. The molecule has 0 saturated heterocycles. The van der Waals surface area contributed by atoms with Crippen molar-refractivity contribution < 1.29 is 14.6 Å². The largest absolute Gasteiger partial charge is 0.468 e. The van der Waals surface area contributed by atoms with Crippen LogP contribution in [0.2, 0.25) is 0 Å². The molecule has 1 N–H and O–H groups in total. The number of nitrogens with zero attached hydrogens (tertiary/aromatic N) is 1. The Kier molecular flexibility index (Phi) is 16.9. The SMILES string of the molecule is CCCCCCN(CCCCO)CCCCCCOC=O. The van der Waals surface area contributed by atoms with Gasteiger partial charge in [0.25, 0.3) is 6.47 Å². The van der Waals surface area contributed by atoms with Crippen LogP contribution in [-0.4, -0.2) is 49.3 Å². The highest BCUT2D eigenvalue weighted by atomic mass is 16.5. The van der Waals surface area contributed by atoms with Gasteiger partial charge in [0.2, 0.25) is 0 Å². The van der Waals surface area contributed by atoms with Crippen molar-refractivity contribution in [2.45, 2.75) is 71.1 Å². The van der Waals surface area contributed by atoms with Crippen LogP contribution in [-0.2, 0) is 9.53 Å². The second-order valence-corrected chi connectivity index (χ2v) is 5.71. The minimum Gasteiger partial charge on any atom is -0.468 e. The molecule has 0 saturated carbocycles. The van der Waals surface area contributed by atoms with E-state index in [2.05, 4.69) is 16.6 Å². The van der Waals surface area contributed by atoms with E-state index in [-0.39, 0.29) is 0 Å². The average molecular weight is 301 g/mol. The first-order valence-corrected chi connectivity index (χ1v) is 8.73. The second-order valence-electron chi connectivity index (χ2n) is 5.71. The van der Waals surface area contributed by atoms with E-state index in [4.69, 9.17) is 5.11 Å². The standard InChI is InChI=1S/C17H35NO3/c1-2-3-4-7-12-18(14-9-10-15-19)13-8-5-6-11-16-21-17-20/h17,19H,2-16H2,1H3. The summed E-state index contributed by atoms with van der Waals surface area (Å²) < 4.78 is 4.69. The van der Waals surface area contributed by atoms with Crippen LogP contribution < -0.4 is 0 Å². The molecule has 21 heavy (non-hydrogen) atoms. The highest BCUT2D eigenvalue weighted by Crippen LogP contribution is 2.07. The summed E-state index contributed by atoms with van der Waals surface area (Å²) in [6, 6.07) is 0. The molecule has 0 unspecified atom stereocenters. The van der Waals surface area contributed by atoms with Crippen LogP contribution in [0.3, 0.4) is 0 Å². The third-order valence-corrected chi connectivity index (χ3v) is 3.76. The van der Waals surface area contributed by atoms with Crippen LogP contribution in [0.4, 0.5) is 0 Å². The van der Waals surface area contributed by atoms with E-state index in [0.717, 1.165) is 38.8 Å². The zero-order valence-corrected chi connectivity index (χ0v) is 13.9. The summed E-state index contributed by atoms with van der Waals surface area (Å²) in [5.74, 6) is 0. The van der Waals surface area contributed by atoms with Gasteiger partial charge in [-0.05, 0) is 51.7 Å². The fraction of sp³-hybridized carbons (Fsp3) is 0.941. The van der Waals surface area contributed by atoms with Crippen LogP contribution in [0.1, 0.15) is 71.1 Å². The molecule has 0 aliphatic carbocycles. The van der Waals surface area contributed by atoms with Crippen LogP contribution in [0.25, 0.3) is 0 Å². The first kappa shape index (κ1) is 20.4. The van der Waals surface area contributed by atoms with E-state index >= 15 is 0 Å². The maximum absolute atomic E-state index is 10.0. The molecule has 0 aromatic carbocycles. The summed E-state index contributed by atoms with van der Waals surface area (Å²) >= 11 is 0. The minimum atomic E-state index is 0.306. The topological polar surface area (TPSA) is 49.8 Å². The van der Waals surface area contributed by atoms with Crippen molar-refractivity contribution >= 4 is 6.47 Å². The predicted octanol–water partition coefficient (Wildman–Crippen LogP) is 3.37. The molecular formula is C17H35NO3. The maximum atomic E-state index is 10.0. The number of aliphatic hydroxyl groups is 1. The lowest BCUT2D eigenvalue weighted by molar-refractivity contribution is -0.128. The summed E-state index contributed by atoms with van der Waals surface area (Å²) in [7, 11) is 0. The van der Waals surface area contributed by atoms with Gasteiger partial charge < -0.3 is 14.7 Å². The number of hydrogen-bond acceptors (Lipinski definition) is 4. The Morgan fingerprint density at radius 2 is 1.43 bits per heavy atom. The number of carbonyl (C=O) groups excluding carboxylic acids is 1. The molecule has 0 aliphatic rings. The fourth-order valence-corrected chi connectivity index (χ4v) is 2.47. The molecule has 126 valence electrons. The Labute approximate surface area is 130 Å². The number of ether oxygens (including phenoxy) is 1. The quantitative estimate of drug-likeness (QED) is 0.330. The molecule has 0 heterocycles. The van der Waals surface area contributed by atoms with Gasteiger partial charge in [0.05, 0.1) is 6.61 Å². The molecule has 0 amide bonds. The summed E-state index contributed by atoms with van der Waals surface area (Å²) in [5.41, 5.74) is 0. The van der Waals surface area contributed by atoms with Crippen LogP contribution >= 0.6 is 0 Å². The van der Waals surface area contributed by atoms with Crippen LogP contribution in [0.5, 0.6) is 0 Å². The van der Waals surface area contributed by atoms with Crippen molar-refractivity contribution in [1.82, 2.24) is 4.90 Å². The zero-order valence-electron chi connectivity index (χ0n) is 13.9. The lowest BCUT2D eigenvalue weighted by Crippen LogP contribution is -2.27. The zero-order chi connectivity index (χ0) is 15.6. The average Bonchev–Trinajstić information content (AvgIpc) is 2.50. The molecule has 0 rings (SSSR count). The van der Waals surface area contributed by atoms with Crippen molar-refractivity contribution in [3.63, 3.8) is 0 Å². The molecule has 0 aliphatic heterocycles. The van der Waals surface area contributed by atoms with Crippen molar-refractivity contribution in [2.75, 3.05) is 32.8 Å². The second kappa shape index (κ2) is 17.4. The molecule has 0 bridgehead atoms. The summed E-state index contributed by atoms with van der Waals surface area (Å²) in [6.07, 6.45) is 11.8. The van der Waals surface area contributed by atoms with E-state index in [1.54, 1.807) is 0 Å². The van der Waals surface area contributed by atoms with Crippen LogP contribution in [0, 0.1) is 0 Å². The van der Waals surface area contributed by atoms with E-state index < -0.39 is 0 Å². The molecule has 0 radical (unpaired) electrons. The number of carbonyl (C=O) groups is 1. The molecule has 0 atom stereocenters. The smallest absolute Gasteiger partial charge is 0.293 e. The Morgan fingerprint density at radius 1 is 0.857 bits per heavy atom. The Morgan fingerprint density at radius 3 is 2.00 bits per heavy atom. The van der Waals surface area contributed by atoms with Gasteiger partial charge in [0.15, 0.2) is 0 Å². The highest BCUT2D eigenvalue weighted by molar-refractivity contribution is 5.36. The first-order valence-electron chi connectivity index (χ1n) is 8.73. The summed E-state index contributed by atoms with van der Waals surface area (Å²) in [4.78, 5) is 12.6. The third-order valence-electron chi connectivity index (χ3n) is 3.76. The molecule has 0 aromatic rings. The fourth-order valence-electron chi connectivity index (χ4n) is 2.47. The third kappa shape index (κ3) is 15.6. The normalized spacial score (nSPS) is 11.0. The number of unbranched alkanes of at least 4 members (excludes halogenated alkanes) is 7. The van der Waals surface area contributed by atoms with Crippen molar-refractivity contribution in [2.24, 2.45) is 0 Å². The lowest BCUT2D eigenvalue weighted by atomic mass is 10.1. The van der Waals surface area contributed by atoms with Gasteiger partial charge in [0, 0.05) is 6.61 Å². The van der Waals surface area contributed by atoms with Gasteiger partial charge in [-0.25, -0.2) is 0 Å². The van der Waals surface area contributed by atoms with E-state index in [1.807, 2.05) is 0 Å². The van der Waals surface area contributed by atoms with Crippen molar-refractivity contribution in [3.8, 4) is 0 Å². The van der Waals surface area contributed by atoms with E-state index in [0.29, 0.717) is 19.7 Å². The van der Waals surface area contributed by atoms with Crippen molar-refractivity contribution in [3.05, 3.63) is 0 Å². The van der Waals surface area contributed by atoms with Gasteiger partial charge in [-0.15, -0.1) is 0 Å². The summed E-state index contributed by atoms with van der Waals surface area (Å²) in [6.45, 7) is 7.10. The Bertz CT molecular complexity index is 212. The Hall–Kier alpha value is -0.610. The molecule has 0 aromatic heterocycles. The minimum absolute atomic E-state index is 0.306. The van der Waals surface area contributed by atoms with Crippen molar-refractivity contribution in [1.29, 1.82) is 0 Å². The van der Waals surface area contributed by atoms with E-state index in [9.17, 15) is 4.79 Å². The number of aliphatic hydroxyl groups excluding tert-OH is 1. The highest BCUT2D eigenvalue weighted by Gasteiger charge is 2.04. The first-order chi connectivity index (χ1) is 10.3. The number of rotatable bonds is 17. The van der Waals surface area contributed by atoms with Gasteiger partial charge in [0.1, 0.15) is 0 Å². The van der Waals surface area contributed by atoms with Gasteiger partial charge in [-0.1, -0.05) is 39.0 Å². The molecule has 4 nitrogen and oxygen atoms in total. The number of hydrogen-bond donors (Lipinski definition) is 1. The van der Waals surface area contributed by atoms with Gasteiger partial charge >= 0.3 is 0 Å². The monoisotopic (exact) mass is 301 g/mol. The van der Waals surface area contributed by atoms with Gasteiger partial charge in [-0.2, -0.15) is 0 Å². The van der Waals surface area contributed by atoms with Crippen LogP contribution in [0.15, 0.2) is 0 Å². The molecule has 0 spiro atoms. The van der Waals surface area contributed by atoms with E-state index in [1.165, 1.54) is 45.1 Å².